The van der Waals surface area contributed by atoms with Gasteiger partial charge in [-0.1, -0.05) is 12.1 Å². The van der Waals surface area contributed by atoms with Crippen LogP contribution in [0.3, 0.4) is 0 Å². The lowest BCUT2D eigenvalue weighted by Crippen LogP contribution is -2.41. The number of carbonyl (C=O) groups excluding carboxylic acids is 1. The van der Waals surface area contributed by atoms with Crippen LogP contribution in [-0.2, 0) is 21.3 Å². The Kier molecular flexibility index (Phi) is 6.63. The van der Waals surface area contributed by atoms with Crippen molar-refractivity contribution in [2.75, 3.05) is 46.1 Å². The molecule has 10 heteroatoms. The fraction of sp³-hybridized carbons (Fsp3) is 0.409. The second-order valence-electron chi connectivity index (χ2n) is 7.42. The summed E-state index contributed by atoms with van der Waals surface area (Å²) >= 11 is 0. The van der Waals surface area contributed by atoms with Crippen molar-refractivity contribution in [2.24, 2.45) is 0 Å². The maximum atomic E-state index is 14.5. The molecule has 0 spiro atoms. The van der Waals surface area contributed by atoms with Crippen LogP contribution in [0.5, 0.6) is 11.5 Å². The lowest BCUT2D eigenvalue weighted by molar-refractivity contribution is 0.0728. The SMILES string of the molecule is CCN(Cc1cccc2c1OCCO2)C(=O)c1ccc(F)c(S(=O)(=O)N2CCOCC2)c1. The van der Waals surface area contributed by atoms with Crippen molar-refractivity contribution >= 4 is 15.9 Å². The number of halogens is 1. The van der Waals surface area contributed by atoms with Gasteiger partial charge in [0, 0.05) is 37.3 Å². The molecule has 0 aliphatic carbocycles. The molecule has 2 aromatic rings. The highest BCUT2D eigenvalue weighted by molar-refractivity contribution is 7.89. The molecule has 2 aromatic carbocycles. The summed E-state index contributed by atoms with van der Waals surface area (Å²) < 4.78 is 58.1. The monoisotopic (exact) mass is 464 g/mol. The Morgan fingerprint density at radius 2 is 1.84 bits per heavy atom. The molecule has 8 nitrogen and oxygen atoms in total. The van der Waals surface area contributed by atoms with Crippen molar-refractivity contribution < 1.29 is 31.8 Å². The number of ether oxygens (including phenoxy) is 3. The molecule has 2 aliphatic heterocycles. The summed E-state index contributed by atoms with van der Waals surface area (Å²) in [6.07, 6.45) is 0. The van der Waals surface area contributed by atoms with Crippen molar-refractivity contribution in [3.8, 4) is 11.5 Å². The van der Waals surface area contributed by atoms with Crippen LogP contribution >= 0.6 is 0 Å². The number of amides is 1. The summed E-state index contributed by atoms with van der Waals surface area (Å²) in [7, 11) is -4.08. The molecule has 1 amide bonds. The molecule has 0 atom stereocenters. The summed E-state index contributed by atoms with van der Waals surface area (Å²) in [6, 6.07) is 8.92. The highest BCUT2D eigenvalue weighted by Crippen LogP contribution is 2.34. The topological polar surface area (TPSA) is 85.4 Å². The van der Waals surface area contributed by atoms with Gasteiger partial charge in [-0.05, 0) is 31.2 Å². The first-order valence-corrected chi connectivity index (χ1v) is 11.9. The Morgan fingerprint density at radius 3 is 2.59 bits per heavy atom. The van der Waals surface area contributed by atoms with Crippen LogP contribution in [0.1, 0.15) is 22.8 Å². The lowest BCUT2D eigenvalue weighted by Gasteiger charge is -2.27. The second kappa shape index (κ2) is 9.43. The number of fused-ring (bicyclic) bond motifs is 1. The lowest BCUT2D eigenvalue weighted by atomic mass is 10.1. The van der Waals surface area contributed by atoms with E-state index in [1.807, 2.05) is 19.1 Å². The van der Waals surface area contributed by atoms with Crippen LogP contribution in [0.15, 0.2) is 41.3 Å². The number of morpholine rings is 1. The predicted octanol–water partition coefficient (Wildman–Crippen LogP) is 2.28. The quantitative estimate of drug-likeness (QED) is 0.652. The molecule has 4 rings (SSSR count). The largest absolute Gasteiger partial charge is 0.486 e. The number of hydrogen-bond donors (Lipinski definition) is 0. The molecule has 0 bridgehead atoms. The molecule has 1 saturated heterocycles. The van der Waals surface area contributed by atoms with E-state index in [-0.39, 0.29) is 38.4 Å². The number of benzene rings is 2. The van der Waals surface area contributed by atoms with E-state index < -0.39 is 26.6 Å². The first-order valence-electron chi connectivity index (χ1n) is 10.5. The zero-order valence-electron chi connectivity index (χ0n) is 17.8. The van der Waals surface area contributed by atoms with Crippen molar-refractivity contribution in [1.82, 2.24) is 9.21 Å². The van der Waals surface area contributed by atoms with Crippen molar-refractivity contribution in [3.05, 3.63) is 53.3 Å². The van der Waals surface area contributed by atoms with Gasteiger partial charge in [0.1, 0.15) is 23.9 Å². The third kappa shape index (κ3) is 4.43. The van der Waals surface area contributed by atoms with Gasteiger partial charge in [0.2, 0.25) is 10.0 Å². The molecule has 0 radical (unpaired) electrons. The molecule has 0 saturated carbocycles. The fourth-order valence-electron chi connectivity index (χ4n) is 3.73. The number of para-hydroxylation sites is 1. The van der Waals surface area contributed by atoms with Crippen molar-refractivity contribution in [1.29, 1.82) is 0 Å². The molecule has 0 unspecified atom stereocenters. The average Bonchev–Trinajstić information content (AvgIpc) is 2.83. The molecule has 32 heavy (non-hydrogen) atoms. The van der Waals surface area contributed by atoms with E-state index in [9.17, 15) is 17.6 Å². The van der Waals surface area contributed by atoms with E-state index >= 15 is 0 Å². The van der Waals surface area contributed by atoms with E-state index in [1.165, 1.54) is 10.4 Å². The maximum absolute atomic E-state index is 14.5. The molecule has 0 N–H and O–H groups in total. The summed E-state index contributed by atoms with van der Waals surface area (Å²) in [4.78, 5) is 14.3. The van der Waals surface area contributed by atoms with Gasteiger partial charge in [-0.3, -0.25) is 4.79 Å². The molecular weight excluding hydrogens is 439 g/mol. The first-order chi connectivity index (χ1) is 15.4. The van der Waals surface area contributed by atoms with E-state index in [0.29, 0.717) is 31.3 Å². The molecule has 2 heterocycles. The highest BCUT2D eigenvalue weighted by atomic mass is 32.2. The van der Waals surface area contributed by atoms with Gasteiger partial charge in [0.05, 0.1) is 13.2 Å². The normalized spacial score (nSPS) is 16.6. The highest BCUT2D eigenvalue weighted by Gasteiger charge is 2.30. The average molecular weight is 465 g/mol. The first kappa shape index (κ1) is 22.5. The minimum absolute atomic E-state index is 0.0991. The molecule has 0 aromatic heterocycles. The summed E-state index contributed by atoms with van der Waals surface area (Å²) in [5.74, 6) is -0.0726. The minimum Gasteiger partial charge on any atom is -0.486 e. The van der Waals surface area contributed by atoms with Gasteiger partial charge in [-0.2, -0.15) is 4.31 Å². The Balaban J connectivity index is 1.60. The Labute approximate surface area is 186 Å². The van der Waals surface area contributed by atoms with Gasteiger partial charge >= 0.3 is 0 Å². The summed E-state index contributed by atoms with van der Waals surface area (Å²) in [6.45, 7) is 4.08. The number of hydrogen-bond acceptors (Lipinski definition) is 6. The van der Waals surface area contributed by atoms with Crippen molar-refractivity contribution in [3.63, 3.8) is 0 Å². The van der Waals surface area contributed by atoms with Gasteiger partial charge in [-0.15, -0.1) is 0 Å². The minimum atomic E-state index is -4.08. The Morgan fingerprint density at radius 1 is 1.09 bits per heavy atom. The van der Waals surface area contributed by atoms with Crippen LogP contribution in [0.25, 0.3) is 0 Å². The molecule has 2 aliphatic rings. The van der Waals surface area contributed by atoms with Gasteiger partial charge in [0.15, 0.2) is 11.5 Å². The van der Waals surface area contributed by atoms with E-state index in [1.54, 1.807) is 11.0 Å². The van der Waals surface area contributed by atoms with Crippen LogP contribution in [0.4, 0.5) is 4.39 Å². The third-order valence-electron chi connectivity index (χ3n) is 5.44. The Bertz CT molecular complexity index is 1100. The maximum Gasteiger partial charge on any atom is 0.254 e. The third-order valence-corrected chi connectivity index (χ3v) is 7.36. The van der Waals surface area contributed by atoms with Crippen LogP contribution in [-0.4, -0.2) is 69.6 Å². The number of nitrogens with zero attached hydrogens (tertiary/aromatic N) is 2. The summed E-state index contributed by atoms with van der Waals surface area (Å²) in [5.41, 5.74) is 0.878. The number of sulfonamides is 1. The van der Waals surface area contributed by atoms with Crippen molar-refractivity contribution in [2.45, 2.75) is 18.4 Å². The second-order valence-corrected chi connectivity index (χ2v) is 9.33. The number of rotatable bonds is 6. The van der Waals surface area contributed by atoms with E-state index in [2.05, 4.69) is 0 Å². The summed E-state index contributed by atoms with van der Waals surface area (Å²) in [5, 5.41) is 0. The standard InChI is InChI=1S/C22H25FN2O6S/c1-2-24(15-17-4-3-5-19-21(17)31-13-12-30-19)22(26)16-6-7-18(23)20(14-16)32(27,28)25-8-10-29-11-9-25/h3-7,14H,2,8-13,15H2,1H3. The fourth-order valence-corrected chi connectivity index (χ4v) is 5.23. The smallest absolute Gasteiger partial charge is 0.254 e. The van der Waals surface area contributed by atoms with Gasteiger partial charge in [0.25, 0.3) is 5.91 Å². The molecule has 172 valence electrons. The van der Waals surface area contributed by atoms with E-state index in [0.717, 1.165) is 17.7 Å². The zero-order valence-corrected chi connectivity index (χ0v) is 18.6. The predicted molar refractivity (Wildman–Crippen MR) is 114 cm³/mol. The van der Waals surface area contributed by atoms with E-state index in [4.69, 9.17) is 14.2 Å². The number of carbonyl (C=O) groups is 1. The Hall–Kier alpha value is -2.69. The van der Waals surface area contributed by atoms with Crippen LogP contribution in [0.2, 0.25) is 0 Å². The molecular formula is C22H25FN2O6S. The van der Waals surface area contributed by atoms with Crippen LogP contribution < -0.4 is 9.47 Å². The van der Waals surface area contributed by atoms with Gasteiger partial charge < -0.3 is 19.1 Å². The molecule has 1 fully saturated rings. The zero-order chi connectivity index (χ0) is 22.7. The van der Waals surface area contributed by atoms with Crippen LogP contribution in [0, 0.1) is 5.82 Å². The van der Waals surface area contributed by atoms with Gasteiger partial charge in [-0.25, -0.2) is 12.8 Å².